The molecule has 4 atom stereocenters. The molecule has 1 aliphatic carbocycles. The van der Waals surface area contributed by atoms with Crippen LogP contribution >= 0.6 is 11.8 Å². The molecule has 2 nitrogen and oxygen atoms in total. The Morgan fingerprint density at radius 1 is 1.25 bits per heavy atom. The van der Waals surface area contributed by atoms with Gasteiger partial charge in [0.05, 0.1) is 5.60 Å². The molecule has 0 amide bonds. The molecule has 0 bridgehead atoms. The van der Waals surface area contributed by atoms with E-state index in [1.807, 2.05) is 0 Å². The van der Waals surface area contributed by atoms with Crippen LogP contribution in [0.2, 0.25) is 0 Å². The molecule has 1 saturated carbocycles. The van der Waals surface area contributed by atoms with Gasteiger partial charge >= 0.3 is 0 Å². The zero-order chi connectivity index (χ0) is 13.8. The van der Waals surface area contributed by atoms with Gasteiger partial charge in [0.1, 0.15) is 0 Å². The van der Waals surface area contributed by atoms with Crippen LogP contribution in [0.25, 0.3) is 0 Å². The fourth-order valence-electron chi connectivity index (χ4n) is 4.73. The zero-order valence-corrected chi connectivity index (χ0v) is 13.9. The van der Waals surface area contributed by atoms with Crippen molar-refractivity contribution in [3.05, 3.63) is 0 Å². The normalized spacial score (nSPS) is 42.1. The number of rotatable bonds is 4. The summed E-state index contributed by atoms with van der Waals surface area (Å²) in [6.07, 6.45) is 9.83. The van der Waals surface area contributed by atoms with Gasteiger partial charge in [0.2, 0.25) is 0 Å². The lowest BCUT2D eigenvalue weighted by atomic mass is 9.67. The molecule has 3 fully saturated rings. The molecule has 2 saturated heterocycles. The summed E-state index contributed by atoms with van der Waals surface area (Å²) in [7, 11) is 0. The smallest absolute Gasteiger partial charge is 0.0783 e. The van der Waals surface area contributed by atoms with Crippen molar-refractivity contribution in [3.8, 4) is 0 Å². The summed E-state index contributed by atoms with van der Waals surface area (Å²) in [6.45, 7) is 5.63. The van der Waals surface area contributed by atoms with Gasteiger partial charge in [-0.25, -0.2) is 0 Å². The molecule has 0 aromatic heterocycles. The molecule has 0 aromatic rings. The van der Waals surface area contributed by atoms with Crippen LogP contribution < -0.4 is 5.32 Å². The summed E-state index contributed by atoms with van der Waals surface area (Å²) in [5.41, 5.74) is 0.272. The van der Waals surface area contributed by atoms with E-state index in [0.29, 0.717) is 0 Å². The summed E-state index contributed by atoms with van der Waals surface area (Å²) in [4.78, 5) is 0. The highest BCUT2D eigenvalue weighted by atomic mass is 32.2. The van der Waals surface area contributed by atoms with Crippen molar-refractivity contribution in [1.29, 1.82) is 0 Å². The lowest BCUT2D eigenvalue weighted by Crippen LogP contribution is -2.44. The maximum atomic E-state index is 6.23. The van der Waals surface area contributed by atoms with Crippen LogP contribution in [0.5, 0.6) is 0 Å². The Labute approximate surface area is 128 Å². The van der Waals surface area contributed by atoms with Crippen LogP contribution in [0.3, 0.4) is 0 Å². The van der Waals surface area contributed by atoms with E-state index in [1.165, 1.54) is 63.0 Å². The third-order valence-electron chi connectivity index (χ3n) is 5.83. The molecular weight excluding hydrogens is 266 g/mol. The lowest BCUT2D eigenvalue weighted by molar-refractivity contribution is -0.0965. The molecule has 0 aromatic carbocycles. The van der Waals surface area contributed by atoms with E-state index in [2.05, 4.69) is 24.0 Å². The molecule has 20 heavy (non-hydrogen) atoms. The van der Waals surface area contributed by atoms with E-state index in [1.54, 1.807) is 0 Å². The van der Waals surface area contributed by atoms with Gasteiger partial charge in [0.25, 0.3) is 0 Å². The van der Waals surface area contributed by atoms with Gasteiger partial charge < -0.3 is 10.1 Å². The number of hydrogen-bond acceptors (Lipinski definition) is 3. The van der Waals surface area contributed by atoms with Crippen LogP contribution in [-0.4, -0.2) is 36.8 Å². The van der Waals surface area contributed by atoms with Crippen molar-refractivity contribution in [2.24, 2.45) is 17.8 Å². The second-order valence-electron chi connectivity index (χ2n) is 7.10. The van der Waals surface area contributed by atoms with Gasteiger partial charge in [-0.1, -0.05) is 19.8 Å². The topological polar surface area (TPSA) is 21.3 Å². The Kier molecular flexibility index (Phi) is 5.33. The van der Waals surface area contributed by atoms with Gasteiger partial charge in [0, 0.05) is 12.4 Å². The molecule has 0 radical (unpaired) electrons. The SMILES string of the molecule is CCNCC1CCCCC1C1CCOC2(CCSC2)C1. The maximum absolute atomic E-state index is 6.23. The van der Waals surface area contributed by atoms with Crippen molar-refractivity contribution in [2.75, 3.05) is 31.2 Å². The summed E-state index contributed by atoms with van der Waals surface area (Å²) >= 11 is 2.11. The van der Waals surface area contributed by atoms with Gasteiger partial charge in [0.15, 0.2) is 0 Å². The van der Waals surface area contributed by atoms with Crippen molar-refractivity contribution >= 4 is 11.8 Å². The Morgan fingerprint density at radius 3 is 2.95 bits per heavy atom. The van der Waals surface area contributed by atoms with Crippen LogP contribution in [-0.2, 0) is 4.74 Å². The molecule has 3 aliphatic rings. The first-order valence-corrected chi connectivity index (χ1v) is 9.91. The van der Waals surface area contributed by atoms with E-state index in [4.69, 9.17) is 4.74 Å². The predicted molar refractivity (Wildman–Crippen MR) is 87.3 cm³/mol. The average Bonchev–Trinajstić information content (AvgIpc) is 2.93. The molecule has 3 rings (SSSR count). The molecule has 1 spiro atoms. The van der Waals surface area contributed by atoms with Crippen LogP contribution in [0.15, 0.2) is 0 Å². The monoisotopic (exact) mass is 297 g/mol. The first-order chi connectivity index (χ1) is 9.83. The third-order valence-corrected chi connectivity index (χ3v) is 7.05. The van der Waals surface area contributed by atoms with E-state index in [-0.39, 0.29) is 5.60 Å². The standard InChI is InChI=1S/C17H31NOS/c1-2-18-12-15-5-3-4-6-16(15)14-7-9-19-17(11-14)8-10-20-13-17/h14-16,18H,2-13H2,1H3. The minimum Gasteiger partial charge on any atom is -0.374 e. The van der Waals surface area contributed by atoms with Crippen molar-refractivity contribution in [2.45, 2.75) is 57.5 Å². The lowest BCUT2D eigenvalue weighted by Gasteiger charge is -2.45. The highest BCUT2D eigenvalue weighted by molar-refractivity contribution is 7.99. The van der Waals surface area contributed by atoms with E-state index in [0.717, 1.165) is 30.9 Å². The van der Waals surface area contributed by atoms with Crippen molar-refractivity contribution in [3.63, 3.8) is 0 Å². The maximum Gasteiger partial charge on any atom is 0.0783 e. The molecule has 2 heterocycles. The fraction of sp³-hybridized carbons (Fsp3) is 1.00. The van der Waals surface area contributed by atoms with Crippen molar-refractivity contribution in [1.82, 2.24) is 5.32 Å². The summed E-state index contributed by atoms with van der Waals surface area (Å²) in [5.74, 6) is 5.41. The quantitative estimate of drug-likeness (QED) is 0.855. The van der Waals surface area contributed by atoms with Gasteiger partial charge in [-0.3, -0.25) is 0 Å². The second-order valence-corrected chi connectivity index (χ2v) is 8.21. The Morgan fingerprint density at radius 2 is 2.15 bits per heavy atom. The Hall–Kier alpha value is 0.270. The summed E-state index contributed by atoms with van der Waals surface area (Å²) < 4.78 is 6.23. The van der Waals surface area contributed by atoms with Gasteiger partial charge in [-0.15, -0.1) is 0 Å². The van der Waals surface area contributed by atoms with Crippen molar-refractivity contribution < 1.29 is 4.74 Å². The predicted octanol–water partition coefficient (Wildman–Crippen LogP) is 3.70. The van der Waals surface area contributed by atoms with E-state index < -0.39 is 0 Å². The molecule has 4 unspecified atom stereocenters. The molecule has 1 N–H and O–H groups in total. The molecular formula is C17H31NOS. The third kappa shape index (κ3) is 3.36. The molecule has 2 aliphatic heterocycles. The summed E-state index contributed by atoms with van der Waals surface area (Å²) in [6, 6.07) is 0. The Balaban J connectivity index is 1.63. The zero-order valence-electron chi connectivity index (χ0n) is 13.0. The first kappa shape index (κ1) is 15.2. The van der Waals surface area contributed by atoms with Crippen LogP contribution in [0, 0.1) is 17.8 Å². The molecule has 116 valence electrons. The number of ether oxygens (including phenoxy) is 1. The van der Waals surface area contributed by atoms with E-state index >= 15 is 0 Å². The van der Waals surface area contributed by atoms with Crippen LogP contribution in [0.4, 0.5) is 0 Å². The number of nitrogens with one attached hydrogen (secondary N) is 1. The molecule has 3 heteroatoms. The average molecular weight is 298 g/mol. The minimum atomic E-state index is 0.272. The van der Waals surface area contributed by atoms with Crippen LogP contribution in [0.1, 0.15) is 51.9 Å². The van der Waals surface area contributed by atoms with E-state index in [9.17, 15) is 0 Å². The van der Waals surface area contributed by atoms with Gasteiger partial charge in [-0.2, -0.15) is 11.8 Å². The highest BCUT2D eigenvalue weighted by Crippen LogP contribution is 2.46. The largest absolute Gasteiger partial charge is 0.374 e. The Bertz CT molecular complexity index is 303. The summed E-state index contributed by atoms with van der Waals surface area (Å²) in [5, 5.41) is 3.61. The minimum absolute atomic E-state index is 0.272. The highest BCUT2D eigenvalue weighted by Gasteiger charge is 2.44. The fourth-order valence-corrected chi connectivity index (χ4v) is 6.11. The number of hydrogen-bond donors (Lipinski definition) is 1. The van der Waals surface area contributed by atoms with Gasteiger partial charge in [-0.05, 0) is 68.7 Å². The second kappa shape index (κ2) is 7.02. The number of thioether (sulfide) groups is 1. The first-order valence-electron chi connectivity index (χ1n) is 8.75.